The molecule has 2 aromatic carbocycles. The summed E-state index contributed by atoms with van der Waals surface area (Å²) in [4.78, 5) is 26.0. The van der Waals surface area contributed by atoms with Crippen molar-refractivity contribution in [2.45, 2.75) is 17.1 Å². The monoisotopic (exact) mass is 382 g/mol. The molecule has 3 rings (SSSR count). The van der Waals surface area contributed by atoms with Crippen molar-refractivity contribution in [3.63, 3.8) is 0 Å². The molecule has 1 unspecified atom stereocenters. The lowest BCUT2D eigenvalue weighted by atomic mass is 10.3. The van der Waals surface area contributed by atoms with E-state index in [4.69, 9.17) is 0 Å². The zero-order valence-electron chi connectivity index (χ0n) is 14.1. The van der Waals surface area contributed by atoms with E-state index in [1.807, 2.05) is 73.0 Å². The Kier molecular flexibility index (Phi) is 6.09. The lowest BCUT2D eigenvalue weighted by Gasteiger charge is -2.12. The zero-order valence-corrected chi connectivity index (χ0v) is 15.8. The first-order valence-corrected chi connectivity index (χ1v) is 9.85. The lowest BCUT2D eigenvalue weighted by Crippen LogP contribution is -2.22. The summed E-state index contributed by atoms with van der Waals surface area (Å²) in [7, 11) is 0. The highest BCUT2D eigenvalue weighted by Crippen LogP contribution is 2.26. The van der Waals surface area contributed by atoms with Crippen LogP contribution in [-0.2, 0) is 4.79 Å². The molecule has 0 saturated carbocycles. The lowest BCUT2D eigenvalue weighted by molar-refractivity contribution is -0.115. The minimum Gasteiger partial charge on any atom is -0.325 e. The SMILES string of the molecule is CC(Sc1ccc(NC(=O)c2cccs2)cc1)C(=O)Nc1ccccc1. The Morgan fingerprint density at radius 3 is 2.23 bits per heavy atom. The second-order valence-corrected chi connectivity index (χ2v) is 7.93. The van der Waals surface area contributed by atoms with Gasteiger partial charge in [-0.2, -0.15) is 0 Å². The van der Waals surface area contributed by atoms with E-state index in [0.717, 1.165) is 16.3 Å². The van der Waals surface area contributed by atoms with E-state index in [2.05, 4.69) is 10.6 Å². The number of para-hydroxylation sites is 1. The molecule has 0 aliphatic rings. The first-order valence-electron chi connectivity index (χ1n) is 8.09. The van der Waals surface area contributed by atoms with E-state index in [-0.39, 0.29) is 17.1 Å². The molecule has 1 atom stereocenters. The normalized spacial score (nSPS) is 11.6. The standard InChI is InChI=1S/C20H18N2O2S2/c1-14(19(23)21-15-6-3-2-4-7-15)26-17-11-9-16(10-12-17)22-20(24)18-8-5-13-25-18/h2-14H,1H3,(H,21,23)(H,22,24). The van der Waals surface area contributed by atoms with Crippen LogP contribution >= 0.6 is 23.1 Å². The Morgan fingerprint density at radius 1 is 0.885 bits per heavy atom. The number of carbonyl (C=O) groups excluding carboxylic acids is 2. The highest BCUT2D eigenvalue weighted by Gasteiger charge is 2.14. The Morgan fingerprint density at radius 2 is 1.58 bits per heavy atom. The summed E-state index contributed by atoms with van der Waals surface area (Å²) < 4.78 is 0. The number of thiophene rings is 1. The predicted molar refractivity (Wildman–Crippen MR) is 109 cm³/mol. The summed E-state index contributed by atoms with van der Waals surface area (Å²) in [6, 6.07) is 20.5. The van der Waals surface area contributed by atoms with Gasteiger partial charge in [0.2, 0.25) is 5.91 Å². The zero-order chi connectivity index (χ0) is 18.4. The number of amides is 2. The van der Waals surface area contributed by atoms with Crippen molar-refractivity contribution >= 4 is 46.3 Å². The van der Waals surface area contributed by atoms with Crippen LogP contribution in [0, 0.1) is 0 Å². The van der Waals surface area contributed by atoms with Gasteiger partial charge in [0, 0.05) is 16.3 Å². The van der Waals surface area contributed by atoms with Gasteiger partial charge in [-0.05, 0) is 54.8 Å². The molecular weight excluding hydrogens is 364 g/mol. The van der Waals surface area contributed by atoms with Crippen LogP contribution in [0.15, 0.2) is 77.0 Å². The first kappa shape index (κ1) is 18.2. The van der Waals surface area contributed by atoms with Gasteiger partial charge in [0.1, 0.15) is 0 Å². The van der Waals surface area contributed by atoms with Gasteiger partial charge in [-0.15, -0.1) is 23.1 Å². The number of hydrogen-bond acceptors (Lipinski definition) is 4. The first-order chi connectivity index (χ1) is 12.6. The number of benzene rings is 2. The minimum atomic E-state index is -0.234. The molecule has 0 bridgehead atoms. The molecule has 2 N–H and O–H groups in total. The fourth-order valence-electron chi connectivity index (χ4n) is 2.24. The third kappa shape index (κ3) is 4.97. The third-order valence-electron chi connectivity index (χ3n) is 3.58. The molecule has 26 heavy (non-hydrogen) atoms. The van der Waals surface area contributed by atoms with Crippen molar-refractivity contribution in [1.29, 1.82) is 0 Å². The molecule has 0 aliphatic carbocycles. The van der Waals surface area contributed by atoms with E-state index in [0.29, 0.717) is 4.88 Å². The topological polar surface area (TPSA) is 58.2 Å². The molecule has 6 heteroatoms. The van der Waals surface area contributed by atoms with Crippen LogP contribution in [0.5, 0.6) is 0 Å². The molecule has 4 nitrogen and oxygen atoms in total. The van der Waals surface area contributed by atoms with Crippen LogP contribution in [0.25, 0.3) is 0 Å². The Hall–Kier alpha value is -2.57. The second-order valence-electron chi connectivity index (χ2n) is 5.57. The van der Waals surface area contributed by atoms with Crippen molar-refractivity contribution in [3.8, 4) is 0 Å². The van der Waals surface area contributed by atoms with Gasteiger partial charge in [-0.1, -0.05) is 24.3 Å². The van der Waals surface area contributed by atoms with Crippen molar-refractivity contribution in [1.82, 2.24) is 0 Å². The highest BCUT2D eigenvalue weighted by molar-refractivity contribution is 8.00. The van der Waals surface area contributed by atoms with E-state index < -0.39 is 0 Å². The Bertz CT molecular complexity index is 863. The number of rotatable bonds is 6. The van der Waals surface area contributed by atoms with Gasteiger partial charge < -0.3 is 10.6 Å². The molecule has 3 aromatic rings. The van der Waals surface area contributed by atoms with Gasteiger partial charge in [-0.25, -0.2) is 0 Å². The summed E-state index contributed by atoms with van der Waals surface area (Å²) in [6.45, 7) is 1.87. The Balaban J connectivity index is 1.55. The van der Waals surface area contributed by atoms with Gasteiger partial charge in [0.05, 0.1) is 10.1 Å². The third-order valence-corrected chi connectivity index (χ3v) is 5.56. The fourth-order valence-corrected chi connectivity index (χ4v) is 3.73. The average Bonchev–Trinajstić information content (AvgIpc) is 3.19. The van der Waals surface area contributed by atoms with E-state index in [1.54, 1.807) is 6.07 Å². The van der Waals surface area contributed by atoms with Gasteiger partial charge in [-0.3, -0.25) is 9.59 Å². The summed E-state index contributed by atoms with van der Waals surface area (Å²) in [5.74, 6) is -0.160. The fraction of sp³-hybridized carbons (Fsp3) is 0.100. The van der Waals surface area contributed by atoms with Crippen LogP contribution < -0.4 is 10.6 Å². The molecule has 0 radical (unpaired) electrons. The number of hydrogen-bond donors (Lipinski definition) is 2. The molecule has 0 spiro atoms. The van der Waals surface area contributed by atoms with Crippen LogP contribution in [0.3, 0.4) is 0 Å². The summed E-state index contributed by atoms with van der Waals surface area (Å²) in [5.41, 5.74) is 1.52. The van der Waals surface area contributed by atoms with Gasteiger partial charge >= 0.3 is 0 Å². The van der Waals surface area contributed by atoms with Crippen LogP contribution in [0.4, 0.5) is 11.4 Å². The van der Waals surface area contributed by atoms with Crippen LogP contribution in [-0.4, -0.2) is 17.1 Å². The Labute approximate surface area is 160 Å². The number of anilines is 2. The smallest absolute Gasteiger partial charge is 0.265 e. The average molecular weight is 383 g/mol. The maximum Gasteiger partial charge on any atom is 0.265 e. The maximum atomic E-state index is 12.3. The van der Waals surface area contributed by atoms with Gasteiger partial charge in [0.25, 0.3) is 5.91 Å². The second kappa shape index (κ2) is 8.69. The van der Waals surface area contributed by atoms with E-state index in [1.165, 1.54) is 23.1 Å². The van der Waals surface area contributed by atoms with Crippen molar-refractivity contribution in [2.24, 2.45) is 0 Å². The summed E-state index contributed by atoms with van der Waals surface area (Å²) in [6.07, 6.45) is 0. The summed E-state index contributed by atoms with van der Waals surface area (Å²) >= 11 is 2.88. The van der Waals surface area contributed by atoms with Crippen LogP contribution in [0.1, 0.15) is 16.6 Å². The minimum absolute atomic E-state index is 0.0451. The molecule has 1 aromatic heterocycles. The quantitative estimate of drug-likeness (QED) is 0.582. The highest BCUT2D eigenvalue weighted by atomic mass is 32.2. The molecule has 132 valence electrons. The maximum absolute atomic E-state index is 12.3. The summed E-state index contributed by atoms with van der Waals surface area (Å²) in [5, 5.41) is 7.40. The number of carbonyl (C=O) groups is 2. The molecule has 1 heterocycles. The van der Waals surface area contributed by atoms with Crippen molar-refractivity contribution in [3.05, 3.63) is 77.0 Å². The van der Waals surface area contributed by atoms with E-state index >= 15 is 0 Å². The van der Waals surface area contributed by atoms with Crippen molar-refractivity contribution < 1.29 is 9.59 Å². The molecule has 0 fully saturated rings. The molecular formula is C20H18N2O2S2. The van der Waals surface area contributed by atoms with Crippen LogP contribution in [0.2, 0.25) is 0 Å². The van der Waals surface area contributed by atoms with Crippen molar-refractivity contribution in [2.75, 3.05) is 10.6 Å². The largest absolute Gasteiger partial charge is 0.325 e. The predicted octanol–water partition coefficient (Wildman–Crippen LogP) is 5.12. The van der Waals surface area contributed by atoms with E-state index in [9.17, 15) is 9.59 Å². The number of nitrogens with one attached hydrogen (secondary N) is 2. The molecule has 2 amide bonds. The van der Waals surface area contributed by atoms with Gasteiger partial charge in [0.15, 0.2) is 0 Å². The number of thioether (sulfide) groups is 1. The molecule has 0 aliphatic heterocycles. The molecule has 0 saturated heterocycles.